The maximum atomic E-state index is 12.7. The molecule has 0 radical (unpaired) electrons. The van der Waals surface area contributed by atoms with Crippen LogP contribution >= 0.6 is 0 Å². The van der Waals surface area contributed by atoms with Crippen molar-refractivity contribution in [3.05, 3.63) is 29.8 Å². The van der Waals surface area contributed by atoms with E-state index in [1.807, 2.05) is 21.9 Å². The van der Waals surface area contributed by atoms with Crippen LogP contribution in [-0.4, -0.2) is 96.4 Å². The quantitative estimate of drug-likeness (QED) is 0.774. The first kappa shape index (κ1) is 19.2. The van der Waals surface area contributed by atoms with Crippen LogP contribution < -0.4 is 5.73 Å². The van der Waals surface area contributed by atoms with Gasteiger partial charge in [0.15, 0.2) is 0 Å². The number of nitrogen functional groups attached to an aromatic ring is 1. The molecule has 1 aromatic carbocycles. The molecule has 2 heterocycles. The maximum Gasteiger partial charge on any atom is 0.256 e. The number of para-hydroxylation sites is 1. The average molecular weight is 386 g/mol. The van der Waals surface area contributed by atoms with Gasteiger partial charge in [0.2, 0.25) is 5.91 Å². The highest BCUT2D eigenvalue weighted by Gasteiger charge is 2.30. The smallest absolute Gasteiger partial charge is 0.256 e. The summed E-state index contributed by atoms with van der Waals surface area (Å²) in [6.45, 7) is 6.90. The summed E-state index contributed by atoms with van der Waals surface area (Å²) in [5, 5.41) is 0. The van der Waals surface area contributed by atoms with Crippen molar-refractivity contribution in [3.8, 4) is 0 Å². The fourth-order valence-electron chi connectivity index (χ4n) is 4.35. The lowest BCUT2D eigenvalue weighted by Crippen LogP contribution is -2.56. The summed E-state index contributed by atoms with van der Waals surface area (Å²) in [5.74, 6) is 0.205. The van der Waals surface area contributed by atoms with Crippen molar-refractivity contribution in [1.29, 1.82) is 0 Å². The molecule has 0 bridgehead atoms. The number of carbonyl (C=O) groups is 2. The van der Waals surface area contributed by atoms with Gasteiger partial charge in [-0.15, -0.1) is 0 Å². The molecule has 7 nitrogen and oxygen atoms in total. The molecule has 28 heavy (non-hydrogen) atoms. The van der Waals surface area contributed by atoms with Gasteiger partial charge in [-0.05, 0) is 25.0 Å². The summed E-state index contributed by atoms with van der Waals surface area (Å²) >= 11 is 0. The van der Waals surface area contributed by atoms with E-state index in [4.69, 9.17) is 5.73 Å². The molecule has 2 amide bonds. The molecule has 2 saturated heterocycles. The van der Waals surface area contributed by atoms with Gasteiger partial charge in [0.05, 0.1) is 12.1 Å². The van der Waals surface area contributed by atoms with Gasteiger partial charge < -0.3 is 15.5 Å². The van der Waals surface area contributed by atoms with Crippen molar-refractivity contribution in [2.75, 3.05) is 64.6 Å². The first-order valence-electron chi connectivity index (χ1n) is 10.5. The number of nitrogens with two attached hydrogens (primary N) is 1. The molecule has 3 fully saturated rings. The third-order valence-corrected chi connectivity index (χ3v) is 6.47. The summed E-state index contributed by atoms with van der Waals surface area (Å²) in [4.78, 5) is 33.9. The fraction of sp³-hybridized carbons (Fsp3) is 0.619. The monoisotopic (exact) mass is 385 g/mol. The molecule has 4 rings (SSSR count). The average Bonchev–Trinajstić information content (AvgIpc) is 2.68. The number of rotatable bonds is 4. The van der Waals surface area contributed by atoms with Gasteiger partial charge in [-0.3, -0.25) is 19.4 Å². The van der Waals surface area contributed by atoms with Crippen molar-refractivity contribution < 1.29 is 9.59 Å². The van der Waals surface area contributed by atoms with E-state index in [0.29, 0.717) is 30.9 Å². The standard InChI is InChI=1S/C21H31N5O2/c22-19-7-2-1-6-18(19)21(28)26-10-8-23(9-11-26)16-20(27)25-14-12-24(13-15-25)17-4-3-5-17/h1-2,6-7,17H,3-5,8-16,22H2. The van der Waals surface area contributed by atoms with E-state index < -0.39 is 0 Å². The topological polar surface area (TPSA) is 73.1 Å². The number of anilines is 1. The van der Waals surface area contributed by atoms with Crippen molar-refractivity contribution in [3.63, 3.8) is 0 Å². The molecule has 0 atom stereocenters. The van der Waals surface area contributed by atoms with Gasteiger partial charge in [-0.1, -0.05) is 18.6 Å². The lowest BCUT2D eigenvalue weighted by Gasteiger charge is -2.43. The highest BCUT2D eigenvalue weighted by atomic mass is 16.2. The molecule has 0 aromatic heterocycles. The van der Waals surface area contributed by atoms with Gasteiger partial charge in [-0.25, -0.2) is 0 Å². The minimum absolute atomic E-state index is 0.0174. The van der Waals surface area contributed by atoms with Crippen LogP contribution in [0.25, 0.3) is 0 Å². The van der Waals surface area contributed by atoms with Crippen molar-refractivity contribution in [1.82, 2.24) is 19.6 Å². The fourth-order valence-corrected chi connectivity index (χ4v) is 4.35. The Kier molecular flexibility index (Phi) is 5.82. The summed E-state index contributed by atoms with van der Waals surface area (Å²) in [5.41, 5.74) is 7.02. The maximum absolute atomic E-state index is 12.7. The zero-order chi connectivity index (χ0) is 19.5. The largest absolute Gasteiger partial charge is 0.398 e. The molecule has 152 valence electrons. The van der Waals surface area contributed by atoms with Gasteiger partial charge in [0.1, 0.15) is 0 Å². The third kappa shape index (κ3) is 4.15. The minimum atomic E-state index is -0.0174. The van der Waals surface area contributed by atoms with Crippen molar-refractivity contribution in [2.45, 2.75) is 25.3 Å². The predicted octanol–water partition coefficient (Wildman–Crippen LogP) is 0.723. The highest BCUT2D eigenvalue weighted by Crippen LogP contribution is 2.25. The number of hydrogen-bond acceptors (Lipinski definition) is 5. The number of nitrogens with zero attached hydrogens (tertiary/aromatic N) is 4. The van der Waals surface area contributed by atoms with Crippen LogP contribution in [0.3, 0.4) is 0 Å². The Hall–Kier alpha value is -2.12. The lowest BCUT2D eigenvalue weighted by atomic mass is 9.91. The van der Waals surface area contributed by atoms with Crippen LogP contribution in [0.15, 0.2) is 24.3 Å². The first-order chi connectivity index (χ1) is 13.6. The second-order valence-electron chi connectivity index (χ2n) is 8.16. The number of benzene rings is 1. The van der Waals surface area contributed by atoms with Gasteiger partial charge >= 0.3 is 0 Å². The molecule has 1 aliphatic carbocycles. The number of hydrogen-bond donors (Lipinski definition) is 1. The number of carbonyl (C=O) groups excluding carboxylic acids is 2. The molecule has 1 aromatic rings. The summed E-state index contributed by atoms with van der Waals surface area (Å²) in [6, 6.07) is 7.97. The Labute approximate surface area is 167 Å². The predicted molar refractivity (Wildman–Crippen MR) is 109 cm³/mol. The van der Waals surface area contributed by atoms with Gasteiger partial charge in [-0.2, -0.15) is 0 Å². The van der Waals surface area contributed by atoms with E-state index in [0.717, 1.165) is 45.3 Å². The van der Waals surface area contributed by atoms with Crippen LogP contribution in [0.2, 0.25) is 0 Å². The van der Waals surface area contributed by atoms with E-state index in [1.165, 1.54) is 19.3 Å². The second-order valence-corrected chi connectivity index (χ2v) is 8.16. The van der Waals surface area contributed by atoms with Crippen LogP contribution in [0, 0.1) is 0 Å². The molecule has 7 heteroatoms. The Bertz CT molecular complexity index is 705. The molecule has 2 N–H and O–H groups in total. The Morgan fingerprint density at radius 1 is 0.893 bits per heavy atom. The van der Waals surface area contributed by atoms with E-state index >= 15 is 0 Å². The molecular weight excluding hydrogens is 354 g/mol. The SMILES string of the molecule is Nc1ccccc1C(=O)N1CCN(CC(=O)N2CCN(C3CCC3)CC2)CC1. The zero-order valence-electron chi connectivity index (χ0n) is 16.6. The van der Waals surface area contributed by atoms with E-state index in [1.54, 1.807) is 12.1 Å². The summed E-state index contributed by atoms with van der Waals surface area (Å²) in [7, 11) is 0. The first-order valence-corrected chi connectivity index (χ1v) is 10.5. The third-order valence-electron chi connectivity index (χ3n) is 6.47. The molecule has 2 aliphatic heterocycles. The minimum Gasteiger partial charge on any atom is -0.398 e. The Morgan fingerprint density at radius 2 is 1.54 bits per heavy atom. The van der Waals surface area contributed by atoms with Crippen LogP contribution in [-0.2, 0) is 4.79 Å². The second kappa shape index (κ2) is 8.49. The Balaban J connectivity index is 1.21. The molecule has 0 unspecified atom stereocenters. The van der Waals surface area contributed by atoms with Gasteiger partial charge in [0, 0.05) is 64.1 Å². The molecule has 3 aliphatic rings. The van der Waals surface area contributed by atoms with Crippen molar-refractivity contribution in [2.24, 2.45) is 0 Å². The van der Waals surface area contributed by atoms with E-state index in [2.05, 4.69) is 9.80 Å². The molecular formula is C21H31N5O2. The summed E-state index contributed by atoms with van der Waals surface area (Å²) in [6.07, 6.45) is 4.01. The van der Waals surface area contributed by atoms with E-state index in [-0.39, 0.29) is 11.8 Å². The number of amides is 2. The zero-order valence-corrected chi connectivity index (χ0v) is 16.6. The molecule has 0 spiro atoms. The van der Waals surface area contributed by atoms with Crippen LogP contribution in [0.5, 0.6) is 0 Å². The van der Waals surface area contributed by atoms with E-state index in [9.17, 15) is 9.59 Å². The summed E-state index contributed by atoms with van der Waals surface area (Å²) < 4.78 is 0. The lowest BCUT2D eigenvalue weighted by molar-refractivity contribution is -0.135. The highest BCUT2D eigenvalue weighted by molar-refractivity contribution is 5.99. The molecule has 1 saturated carbocycles. The Morgan fingerprint density at radius 3 is 2.14 bits per heavy atom. The van der Waals surface area contributed by atoms with Crippen LogP contribution in [0.4, 0.5) is 5.69 Å². The number of piperazine rings is 2. The van der Waals surface area contributed by atoms with Gasteiger partial charge in [0.25, 0.3) is 5.91 Å². The van der Waals surface area contributed by atoms with Crippen molar-refractivity contribution >= 4 is 17.5 Å². The van der Waals surface area contributed by atoms with Crippen LogP contribution in [0.1, 0.15) is 29.6 Å². The normalized spacial score (nSPS) is 22.1.